The number of nitrogens with zero attached hydrogens (tertiary/aromatic N) is 2. The zero-order chi connectivity index (χ0) is 21.9. The Bertz CT molecular complexity index is 868. The second-order valence-electron chi connectivity index (χ2n) is 9.18. The van der Waals surface area contributed by atoms with Gasteiger partial charge in [-0.1, -0.05) is 114 Å². The van der Waals surface area contributed by atoms with Crippen LogP contribution in [0.4, 0.5) is 0 Å². The number of rotatable bonds is 13. The molecule has 0 radical (unpaired) electrons. The number of unbranched alkanes of at least 4 members (excludes halogenated alkanes) is 4. The molecule has 3 rings (SSSR count). The molecule has 3 aromatic rings. The second-order valence-corrected chi connectivity index (χ2v) is 9.18. The predicted octanol–water partition coefficient (Wildman–Crippen LogP) is 7.94. The molecule has 0 amide bonds. The van der Waals surface area contributed by atoms with Crippen molar-refractivity contribution in [3.05, 3.63) is 90.0 Å². The maximum Gasteiger partial charge on any atom is 0.112 e. The molecule has 0 aliphatic carbocycles. The highest BCUT2D eigenvalue weighted by Crippen LogP contribution is 2.44. The molecule has 2 nitrogen and oxygen atoms in total. The molecule has 2 aromatic carbocycles. The van der Waals surface area contributed by atoms with Crippen LogP contribution in [-0.2, 0) is 18.4 Å². The van der Waals surface area contributed by atoms with Crippen LogP contribution in [0.25, 0.3) is 0 Å². The highest BCUT2D eigenvalue weighted by Gasteiger charge is 2.39. The fourth-order valence-electron chi connectivity index (χ4n) is 4.92. The van der Waals surface area contributed by atoms with Gasteiger partial charge in [-0.15, -0.1) is 0 Å². The summed E-state index contributed by atoms with van der Waals surface area (Å²) in [6.45, 7) is 8.09. The van der Waals surface area contributed by atoms with E-state index in [0.29, 0.717) is 5.92 Å². The normalized spacial score (nSPS) is 14.3. The van der Waals surface area contributed by atoms with Crippen molar-refractivity contribution in [2.45, 2.75) is 90.0 Å². The lowest BCUT2D eigenvalue weighted by Gasteiger charge is -2.39. The SMILES string of the molecule is CCCCCCC(c1nccn1CCCC)C(C)(Cc1ccccc1)c1ccccc1. The van der Waals surface area contributed by atoms with Gasteiger partial charge in [0.15, 0.2) is 0 Å². The van der Waals surface area contributed by atoms with E-state index in [0.717, 1.165) is 13.0 Å². The van der Waals surface area contributed by atoms with E-state index in [2.05, 4.69) is 92.2 Å². The third-order valence-electron chi connectivity index (χ3n) is 6.77. The van der Waals surface area contributed by atoms with Crippen molar-refractivity contribution in [2.24, 2.45) is 0 Å². The monoisotopic (exact) mass is 416 g/mol. The Kier molecular flexibility index (Phi) is 8.94. The van der Waals surface area contributed by atoms with Crippen molar-refractivity contribution in [2.75, 3.05) is 0 Å². The van der Waals surface area contributed by atoms with Gasteiger partial charge < -0.3 is 4.57 Å². The van der Waals surface area contributed by atoms with Gasteiger partial charge >= 0.3 is 0 Å². The van der Waals surface area contributed by atoms with Gasteiger partial charge in [-0.2, -0.15) is 0 Å². The summed E-state index contributed by atoms with van der Waals surface area (Å²) in [6, 6.07) is 22.2. The lowest BCUT2D eigenvalue weighted by molar-refractivity contribution is 0.322. The molecular formula is C29H40N2. The Labute approximate surface area is 189 Å². The topological polar surface area (TPSA) is 17.8 Å². The predicted molar refractivity (Wildman–Crippen MR) is 133 cm³/mol. The molecule has 0 spiro atoms. The van der Waals surface area contributed by atoms with Crippen LogP contribution in [0.15, 0.2) is 73.1 Å². The first-order valence-electron chi connectivity index (χ1n) is 12.3. The Morgan fingerprint density at radius 2 is 1.52 bits per heavy atom. The van der Waals surface area contributed by atoms with Gasteiger partial charge in [0.2, 0.25) is 0 Å². The lowest BCUT2D eigenvalue weighted by atomic mass is 9.66. The van der Waals surface area contributed by atoms with Gasteiger partial charge in [-0.3, -0.25) is 0 Å². The van der Waals surface area contributed by atoms with Crippen molar-refractivity contribution in [3.63, 3.8) is 0 Å². The van der Waals surface area contributed by atoms with Crippen LogP contribution in [-0.4, -0.2) is 9.55 Å². The Hall–Kier alpha value is -2.35. The Morgan fingerprint density at radius 1 is 0.839 bits per heavy atom. The molecular weight excluding hydrogens is 376 g/mol. The standard InChI is InChI=1S/C29H40N2/c1-4-6-8-15-20-27(28-30-21-23-31(28)22-7-5-2)29(3,26-18-13-10-14-19-26)24-25-16-11-9-12-17-25/h9-14,16-19,21,23,27H,4-8,15,20,22,24H2,1-3H3. The maximum absolute atomic E-state index is 4.96. The van der Waals surface area contributed by atoms with Crippen molar-refractivity contribution >= 4 is 0 Å². The summed E-state index contributed by atoms with van der Waals surface area (Å²) in [5.41, 5.74) is 2.81. The second kappa shape index (κ2) is 11.9. The largest absolute Gasteiger partial charge is 0.335 e. The Balaban J connectivity index is 2.03. The molecule has 0 aliphatic heterocycles. The van der Waals surface area contributed by atoms with Crippen molar-refractivity contribution < 1.29 is 0 Å². The van der Waals surface area contributed by atoms with E-state index < -0.39 is 0 Å². The third kappa shape index (κ3) is 6.09. The summed E-state index contributed by atoms with van der Waals surface area (Å²) in [6.07, 6.45) is 14.0. The fraction of sp³-hybridized carbons (Fsp3) is 0.483. The molecule has 2 unspecified atom stereocenters. The van der Waals surface area contributed by atoms with E-state index >= 15 is 0 Å². The van der Waals surface area contributed by atoms with Crippen LogP contribution >= 0.6 is 0 Å². The molecule has 0 bridgehead atoms. The summed E-state index contributed by atoms with van der Waals surface area (Å²) in [4.78, 5) is 4.96. The number of aromatic nitrogens is 2. The average Bonchev–Trinajstić information content (AvgIpc) is 3.27. The minimum Gasteiger partial charge on any atom is -0.335 e. The summed E-state index contributed by atoms with van der Waals surface area (Å²) in [5, 5.41) is 0. The van der Waals surface area contributed by atoms with E-state index in [-0.39, 0.29) is 5.41 Å². The van der Waals surface area contributed by atoms with E-state index in [4.69, 9.17) is 4.98 Å². The molecule has 166 valence electrons. The third-order valence-corrected chi connectivity index (χ3v) is 6.77. The van der Waals surface area contributed by atoms with Gasteiger partial charge in [0.05, 0.1) is 0 Å². The van der Waals surface area contributed by atoms with Crippen molar-refractivity contribution in [1.82, 2.24) is 9.55 Å². The smallest absolute Gasteiger partial charge is 0.112 e. The molecule has 2 atom stereocenters. The van der Waals surface area contributed by atoms with Crippen molar-refractivity contribution in [3.8, 4) is 0 Å². The maximum atomic E-state index is 4.96. The zero-order valence-electron chi connectivity index (χ0n) is 19.8. The van der Waals surface area contributed by atoms with E-state index in [1.165, 1.54) is 61.9 Å². The van der Waals surface area contributed by atoms with Crippen LogP contribution in [0.2, 0.25) is 0 Å². The quantitative estimate of drug-likeness (QED) is 0.259. The number of benzene rings is 2. The van der Waals surface area contributed by atoms with E-state index in [1.807, 2.05) is 6.20 Å². The number of imidazole rings is 1. The Morgan fingerprint density at radius 3 is 2.19 bits per heavy atom. The first-order chi connectivity index (χ1) is 15.2. The van der Waals surface area contributed by atoms with Gasteiger partial charge in [-0.25, -0.2) is 4.98 Å². The molecule has 0 saturated heterocycles. The molecule has 1 aromatic heterocycles. The van der Waals surface area contributed by atoms with Gasteiger partial charge in [0.1, 0.15) is 5.82 Å². The molecule has 0 aliphatic rings. The van der Waals surface area contributed by atoms with Crippen LogP contribution in [0.1, 0.15) is 88.6 Å². The van der Waals surface area contributed by atoms with Gasteiger partial charge in [-0.05, 0) is 30.4 Å². The molecule has 0 fully saturated rings. The molecule has 1 heterocycles. The fourth-order valence-corrected chi connectivity index (χ4v) is 4.92. The number of hydrogen-bond acceptors (Lipinski definition) is 1. The van der Waals surface area contributed by atoms with Crippen LogP contribution in [0.5, 0.6) is 0 Å². The number of aryl methyl sites for hydroxylation is 1. The average molecular weight is 417 g/mol. The van der Waals surface area contributed by atoms with Crippen LogP contribution in [0, 0.1) is 0 Å². The van der Waals surface area contributed by atoms with Gasteiger partial charge in [0, 0.05) is 30.3 Å². The molecule has 2 heteroatoms. The van der Waals surface area contributed by atoms with Crippen molar-refractivity contribution in [1.29, 1.82) is 0 Å². The molecule has 0 N–H and O–H groups in total. The lowest BCUT2D eigenvalue weighted by Crippen LogP contribution is -2.35. The number of hydrogen-bond donors (Lipinski definition) is 0. The summed E-state index contributed by atoms with van der Waals surface area (Å²) in [7, 11) is 0. The highest BCUT2D eigenvalue weighted by molar-refractivity contribution is 5.33. The molecule has 0 saturated carbocycles. The zero-order valence-corrected chi connectivity index (χ0v) is 19.8. The minimum absolute atomic E-state index is 0.00978. The van der Waals surface area contributed by atoms with Crippen LogP contribution in [0.3, 0.4) is 0 Å². The summed E-state index contributed by atoms with van der Waals surface area (Å²) < 4.78 is 2.43. The molecule has 31 heavy (non-hydrogen) atoms. The highest BCUT2D eigenvalue weighted by atomic mass is 15.1. The minimum atomic E-state index is -0.00978. The first kappa shape index (κ1) is 23.3. The van der Waals surface area contributed by atoms with E-state index in [1.54, 1.807) is 0 Å². The van der Waals surface area contributed by atoms with E-state index in [9.17, 15) is 0 Å². The summed E-state index contributed by atoms with van der Waals surface area (Å²) in [5.74, 6) is 1.66. The summed E-state index contributed by atoms with van der Waals surface area (Å²) >= 11 is 0. The van der Waals surface area contributed by atoms with Crippen LogP contribution < -0.4 is 0 Å². The first-order valence-corrected chi connectivity index (χ1v) is 12.3. The van der Waals surface area contributed by atoms with Gasteiger partial charge in [0.25, 0.3) is 0 Å².